The van der Waals surface area contributed by atoms with Gasteiger partial charge in [-0.1, -0.05) is 69.3 Å². The van der Waals surface area contributed by atoms with Crippen molar-refractivity contribution in [3.05, 3.63) is 94.8 Å². The standard InChI is InChI=1S/C34H45FO5/c1-7-8-9-10-28-18-20-30(31(35)21-28)19-17-27-13-11-26(12-14-27)15-16-29(22-39-32(36)24(2)3)23-40-33(37)25(4)34(5,6)38/h11-14,18,20-21,29,38H,2,4,7-10,15-17,19,22-23H2,1,3,5-6H3. The number of aryl methyl sites for hydroxylation is 4. The zero-order valence-electron chi connectivity index (χ0n) is 24.6. The van der Waals surface area contributed by atoms with Crippen LogP contribution in [0.3, 0.4) is 0 Å². The highest BCUT2D eigenvalue weighted by Crippen LogP contribution is 2.19. The SMILES string of the molecule is C=C(C)C(=O)OCC(CCc1ccc(CCc2ccc(CCCCC)cc2F)cc1)COC(=O)C(=C)C(C)(C)O. The second-order valence-electron chi connectivity index (χ2n) is 11.1. The molecule has 2 aromatic rings. The molecule has 218 valence electrons. The van der Waals surface area contributed by atoms with E-state index in [1.165, 1.54) is 13.8 Å². The smallest absolute Gasteiger partial charge is 0.336 e. The number of aliphatic hydroxyl groups is 1. The van der Waals surface area contributed by atoms with Gasteiger partial charge in [-0.25, -0.2) is 14.0 Å². The van der Waals surface area contributed by atoms with Gasteiger partial charge >= 0.3 is 11.9 Å². The predicted molar refractivity (Wildman–Crippen MR) is 157 cm³/mol. The van der Waals surface area contributed by atoms with Gasteiger partial charge in [-0.05, 0) is 87.6 Å². The topological polar surface area (TPSA) is 72.8 Å². The molecule has 0 heterocycles. The van der Waals surface area contributed by atoms with E-state index in [0.29, 0.717) is 24.8 Å². The Morgan fingerprint density at radius 1 is 0.875 bits per heavy atom. The zero-order valence-corrected chi connectivity index (χ0v) is 24.6. The number of hydrogen-bond donors (Lipinski definition) is 1. The first kappa shape index (κ1) is 33.0. The van der Waals surface area contributed by atoms with Crippen LogP contribution in [-0.4, -0.2) is 35.9 Å². The molecule has 2 rings (SSSR count). The monoisotopic (exact) mass is 552 g/mol. The Morgan fingerprint density at radius 3 is 2.00 bits per heavy atom. The van der Waals surface area contributed by atoms with Gasteiger partial charge in [-0.15, -0.1) is 0 Å². The fourth-order valence-corrected chi connectivity index (χ4v) is 4.11. The Labute approximate surface area is 239 Å². The van der Waals surface area contributed by atoms with E-state index < -0.39 is 17.5 Å². The summed E-state index contributed by atoms with van der Waals surface area (Å²) in [5, 5.41) is 10.00. The first-order valence-electron chi connectivity index (χ1n) is 14.2. The summed E-state index contributed by atoms with van der Waals surface area (Å²) in [6.07, 6.45) is 7.00. The number of hydrogen-bond acceptors (Lipinski definition) is 5. The van der Waals surface area contributed by atoms with Gasteiger partial charge in [0.25, 0.3) is 0 Å². The molecule has 0 amide bonds. The highest BCUT2D eigenvalue weighted by atomic mass is 19.1. The second kappa shape index (κ2) is 16.1. The summed E-state index contributed by atoms with van der Waals surface area (Å²) in [4.78, 5) is 24.2. The lowest BCUT2D eigenvalue weighted by molar-refractivity contribution is -0.145. The third kappa shape index (κ3) is 11.5. The number of benzene rings is 2. The average molecular weight is 553 g/mol. The van der Waals surface area contributed by atoms with Gasteiger partial charge in [0, 0.05) is 11.5 Å². The Morgan fingerprint density at radius 2 is 1.45 bits per heavy atom. The Bertz CT molecular complexity index is 1140. The maximum absolute atomic E-state index is 14.6. The Hall–Kier alpha value is -3.25. The molecule has 1 N–H and O–H groups in total. The summed E-state index contributed by atoms with van der Waals surface area (Å²) < 4.78 is 25.3. The number of carbonyl (C=O) groups excluding carboxylic acids is 2. The van der Waals surface area contributed by atoms with E-state index in [1.54, 1.807) is 13.0 Å². The molecule has 1 unspecified atom stereocenters. The number of carbonyl (C=O) groups is 2. The van der Waals surface area contributed by atoms with Crippen molar-refractivity contribution in [1.82, 2.24) is 0 Å². The first-order valence-corrected chi connectivity index (χ1v) is 14.2. The molecule has 6 heteroatoms. The summed E-state index contributed by atoms with van der Waals surface area (Å²) >= 11 is 0. The third-order valence-electron chi connectivity index (χ3n) is 6.97. The molecular weight excluding hydrogens is 507 g/mol. The maximum atomic E-state index is 14.6. The molecule has 0 aromatic heterocycles. The van der Waals surface area contributed by atoms with Gasteiger partial charge in [-0.3, -0.25) is 0 Å². The molecule has 0 spiro atoms. The largest absolute Gasteiger partial charge is 0.462 e. The van der Waals surface area contributed by atoms with Crippen LogP contribution in [0.5, 0.6) is 0 Å². The molecule has 0 bridgehead atoms. The van der Waals surface area contributed by atoms with Crippen LogP contribution >= 0.6 is 0 Å². The quantitative estimate of drug-likeness (QED) is 0.132. The summed E-state index contributed by atoms with van der Waals surface area (Å²) in [7, 11) is 0. The molecule has 0 fully saturated rings. The summed E-state index contributed by atoms with van der Waals surface area (Å²) in [6, 6.07) is 13.8. The van der Waals surface area contributed by atoms with Gasteiger partial charge < -0.3 is 14.6 Å². The van der Waals surface area contributed by atoms with E-state index in [0.717, 1.165) is 54.4 Å². The van der Waals surface area contributed by atoms with Gasteiger partial charge in [0.05, 0.1) is 24.4 Å². The van der Waals surface area contributed by atoms with Gasteiger partial charge in [-0.2, -0.15) is 0 Å². The fraction of sp³-hybridized carbons (Fsp3) is 0.471. The van der Waals surface area contributed by atoms with Crippen molar-refractivity contribution in [2.45, 2.75) is 84.7 Å². The molecule has 0 aliphatic rings. The second-order valence-corrected chi connectivity index (χ2v) is 11.1. The van der Waals surface area contributed by atoms with Gasteiger partial charge in [0.2, 0.25) is 0 Å². The number of unbranched alkanes of at least 4 members (excludes halogenated alkanes) is 2. The van der Waals surface area contributed by atoms with Gasteiger partial charge in [0.15, 0.2) is 0 Å². The molecule has 5 nitrogen and oxygen atoms in total. The third-order valence-corrected chi connectivity index (χ3v) is 6.97. The normalized spacial score (nSPS) is 12.1. The van der Waals surface area contributed by atoms with E-state index in [4.69, 9.17) is 9.47 Å². The van der Waals surface area contributed by atoms with Crippen LogP contribution < -0.4 is 0 Å². The number of halogens is 1. The van der Waals surface area contributed by atoms with Crippen LogP contribution in [0.4, 0.5) is 4.39 Å². The van der Waals surface area contributed by atoms with Crippen molar-refractivity contribution in [3.8, 4) is 0 Å². The van der Waals surface area contributed by atoms with Crippen LogP contribution in [0, 0.1) is 11.7 Å². The number of esters is 2. The van der Waals surface area contributed by atoms with Crippen molar-refractivity contribution in [3.63, 3.8) is 0 Å². The lowest BCUT2D eigenvalue weighted by Crippen LogP contribution is -2.30. The Kier molecular flexibility index (Phi) is 13.3. The lowest BCUT2D eigenvalue weighted by atomic mass is 9.97. The Balaban J connectivity index is 1.92. The van der Waals surface area contributed by atoms with E-state index >= 15 is 0 Å². The molecule has 0 aliphatic carbocycles. The highest BCUT2D eigenvalue weighted by Gasteiger charge is 2.26. The van der Waals surface area contributed by atoms with Crippen LogP contribution in [0.15, 0.2) is 66.8 Å². The molecule has 0 radical (unpaired) electrons. The minimum Gasteiger partial charge on any atom is -0.462 e. The summed E-state index contributed by atoms with van der Waals surface area (Å²) in [5.41, 5.74) is 2.88. The van der Waals surface area contributed by atoms with E-state index in [2.05, 4.69) is 32.2 Å². The summed E-state index contributed by atoms with van der Waals surface area (Å²) in [5.74, 6) is -1.55. The maximum Gasteiger partial charge on any atom is 0.336 e. The summed E-state index contributed by atoms with van der Waals surface area (Å²) in [6.45, 7) is 14.0. The van der Waals surface area contributed by atoms with Crippen molar-refractivity contribution in [2.75, 3.05) is 13.2 Å². The van der Waals surface area contributed by atoms with Crippen molar-refractivity contribution < 1.29 is 28.6 Å². The van der Waals surface area contributed by atoms with Crippen molar-refractivity contribution in [2.24, 2.45) is 5.92 Å². The predicted octanol–water partition coefficient (Wildman–Crippen LogP) is 6.88. The molecular formula is C34H45FO5. The van der Waals surface area contributed by atoms with E-state index in [1.807, 2.05) is 24.3 Å². The molecule has 0 aliphatic heterocycles. The molecule has 2 aromatic carbocycles. The highest BCUT2D eigenvalue weighted by molar-refractivity contribution is 5.89. The van der Waals surface area contributed by atoms with Crippen LogP contribution in [0.25, 0.3) is 0 Å². The molecule has 0 saturated heterocycles. The van der Waals surface area contributed by atoms with Crippen LogP contribution in [0.1, 0.15) is 75.6 Å². The van der Waals surface area contributed by atoms with Gasteiger partial charge in [0.1, 0.15) is 5.82 Å². The van der Waals surface area contributed by atoms with E-state index in [9.17, 15) is 19.1 Å². The molecule has 40 heavy (non-hydrogen) atoms. The molecule has 0 saturated carbocycles. The fourth-order valence-electron chi connectivity index (χ4n) is 4.11. The number of ether oxygens (including phenoxy) is 2. The van der Waals surface area contributed by atoms with Crippen LogP contribution in [0.2, 0.25) is 0 Å². The zero-order chi connectivity index (χ0) is 29.7. The van der Waals surface area contributed by atoms with Crippen molar-refractivity contribution in [1.29, 1.82) is 0 Å². The van der Waals surface area contributed by atoms with Crippen molar-refractivity contribution >= 4 is 11.9 Å². The average Bonchev–Trinajstić information content (AvgIpc) is 2.91. The minimum atomic E-state index is -1.38. The number of rotatable bonds is 17. The minimum absolute atomic E-state index is 0.0262. The lowest BCUT2D eigenvalue weighted by Gasteiger charge is -2.21. The van der Waals surface area contributed by atoms with E-state index in [-0.39, 0.29) is 30.5 Å². The molecule has 1 atom stereocenters. The van der Waals surface area contributed by atoms with Crippen LogP contribution in [-0.2, 0) is 44.7 Å². The first-order chi connectivity index (χ1) is 18.9.